The van der Waals surface area contributed by atoms with Crippen LogP contribution >= 0.6 is 0 Å². The molecule has 9 nitrogen and oxygen atoms in total. The van der Waals surface area contributed by atoms with Gasteiger partial charge in [0.2, 0.25) is 10.0 Å². The molecule has 2 amide bonds. The number of ether oxygens (including phenoxy) is 2. The number of morpholine rings is 1. The topological polar surface area (TPSA) is 105 Å². The van der Waals surface area contributed by atoms with E-state index >= 15 is 0 Å². The maximum atomic E-state index is 12.9. The first-order chi connectivity index (χ1) is 15.7. The van der Waals surface area contributed by atoms with Gasteiger partial charge in [-0.2, -0.15) is 0 Å². The predicted octanol–water partition coefficient (Wildman–Crippen LogP) is 2.35. The van der Waals surface area contributed by atoms with Crippen LogP contribution in [0.3, 0.4) is 0 Å². The molecule has 0 saturated carbocycles. The van der Waals surface area contributed by atoms with Crippen molar-refractivity contribution in [2.24, 2.45) is 0 Å². The molecule has 10 heteroatoms. The van der Waals surface area contributed by atoms with Crippen molar-refractivity contribution in [1.82, 2.24) is 4.90 Å². The molecule has 1 fully saturated rings. The summed E-state index contributed by atoms with van der Waals surface area (Å²) < 4.78 is 35.7. The summed E-state index contributed by atoms with van der Waals surface area (Å²) in [5.74, 6) is -0.105. The van der Waals surface area contributed by atoms with Crippen LogP contribution in [0.1, 0.15) is 23.7 Å². The minimum atomic E-state index is -3.37. The number of amides is 2. The van der Waals surface area contributed by atoms with E-state index in [1.54, 1.807) is 53.4 Å². The van der Waals surface area contributed by atoms with Crippen molar-refractivity contribution in [3.8, 4) is 5.75 Å². The second kappa shape index (κ2) is 10.7. The molecule has 0 aromatic heterocycles. The molecule has 1 saturated heterocycles. The number of hydrogen-bond donors (Lipinski definition) is 1. The molecule has 0 aliphatic carbocycles. The molecule has 1 aliphatic heterocycles. The van der Waals surface area contributed by atoms with Crippen molar-refractivity contribution in [2.45, 2.75) is 19.4 Å². The van der Waals surface area contributed by atoms with Crippen LogP contribution in [0.2, 0.25) is 0 Å². The lowest BCUT2D eigenvalue weighted by atomic mass is 10.1. The highest BCUT2D eigenvalue weighted by atomic mass is 32.2. The van der Waals surface area contributed by atoms with Gasteiger partial charge < -0.3 is 19.7 Å². The van der Waals surface area contributed by atoms with E-state index in [1.165, 1.54) is 7.05 Å². The molecule has 1 heterocycles. The van der Waals surface area contributed by atoms with Crippen LogP contribution in [0, 0.1) is 0 Å². The third-order valence-corrected chi connectivity index (χ3v) is 6.56. The Hall–Kier alpha value is -3.11. The molecule has 1 atom stereocenters. The summed E-state index contributed by atoms with van der Waals surface area (Å²) in [6.45, 7) is 3.81. The molecule has 1 N–H and O–H groups in total. The minimum absolute atomic E-state index is 0.159. The first-order valence-electron chi connectivity index (χ1n) is 10.7. The second-order valence-corrected chi connectivity index (χ2v) is 9.69. The van der Waals surface area contributed by atoms with E-state index in [0.29, 0.717) is 55.4 Å². The van der Waals surface area contributed by atoms with Crippen LogP contribution < -0.4 is 14.4 Å². The molecule has 3 rings (SSSR count). The zero-order valence-corrected chi connectivity index (χ0v) is 19.8. The number of rotatable bonds is 8. The highest BCUT2D eigenvalue weighted by Gasteiger charge is 2.24. The number of nitrogens with zero attached hydrogens (tertiary/aromatic N) is 2. The molecule has 0 spiro atoms. The van der Waals surface area contributed by atoms with Gasteiger partial charge in [-0.15, -0.1) is 0 Å². The van der Waals surface area contributed by atoms with Gasteiger partial charge in [-0.3, -0.25) is 13.9 Å². The smallest absolute Gasteiger partial charge is 0.265 e. The molecule has 2 aromatic rings. The number of benzene rings is 2. The molecule has 0 radical (unpaired) electrons. The molecule has 33 heavy (non-hydrogen) atoms. The van der Waals surface area contributed by atoms with Crippen LogP contribution in [-0.2, 0) is 19.6 Å². The number of nitrogens with one attached hydrogen (secondary N) is 1. The third kappa shape index (κ3) is 6.23. The third-order valence-electron chi connectivity index (χ3n) is 5.35. The number of anilines is 2. The Labute approximate surface area is 194 Å². The molecule has 2 aromatic carbocycles. The van der Waals surface area contributed by atoms with Crippen molar-refractivity contribution in [2.75, 3.05) is 49.2 Å². The Morgan fingerprint density at radius 2 is 1.76 bits per heavy atom. The summed E-state index contributed by atoms with van der Waals surface area (Å²) in [6, 6.07) is 13.3. The fraction of sp³-hybridized carbons (Fsp3) is 0.391. The summed E-state index contributed by atoms with van der Waals surface area (Å²) in [6.07, 6.45) is 0.724. The quantitative estimate of drug-likeness (QED) is 0.628. The molecular formula is C23H29N3O6S. The van der Waals surface area contributed by atoms with Crippen molar-refractivity contribution in [3.05, 3.63) is 54.1 Å². The summed E-state index contributed by atoms with van der Waals surface area (Å²) in [5, 5.41) is 2.82. The van der Waals surface area contributed by atoms with Gasteiger partial charge in [-0.1, -0.05) is 19.1 Å². The Balaban J connectivity index is 1.70. The lowest BCUT2D eigenvalue weighted by Crippen LogP contribution is -2.41. The summed E-state index contributed by atoms with van der Waals surface area (Å²) in [4.78, 5) is 27.6. The normalized spacial score (nSPS) is 14.9. The zero-order chi connectivity index (χ0) is 24.0. The SMILES string of the molecule is CCC(Oc1ccc(N(C)S(C)(=O)=O)cc1)C(=O)Nc1ccccc1C(=O)N1CCOCC1. The van der Waals surface area contributed by atoms with E-state index in [-0.39, 0.29) is 11.8 Å². The van der Waals surface area contributed by atoms with Gasteiger partial charge in [0.1, 0.15) is 5.75 Å². The molecule has 178 valence electrons. The largest absolute Gasteiger partial charge is 0.481 e. The van der Waals surface area contributed by atoms with Crippen LogP contribution in [0.5, 0.6) is 5.75 Å². The monoisotopic (exact) mass is 475 g/mol. The van der Waals surface area contributed by atoms with E-state index in [9.17, 15) is 18.0 Å². The van der Waals surface area contributed by atoms with Crippen molar-refractivity contribution in [1.29, 1.82) is 0 Å². The first kappa shape index (κ1) is 24.5. The maximum Gasteiger partial charge on any atom is 0.265 e. The average Bonchev–Trinajstić information content (AvgIpc) is 2.82. The van der Waals surface area contributed by atoms with Crippen LogP contribution in [0.4, 0.5) is 11.4 Å². The molecule has 0 bridgehead atoms. The summed E-state index contributed by atoms with van der Waals surface area (Å²) in [7, 11) is -1.91. The van der Waals surface area contributed by atoms with Gasteiger partial charge in [0.25, 0.3) is 11.8 Å². The Morgan fingerprint density at radius 1 is 1.12 bits per heavy atom. The number of carbonyl (C=O) groups is 2. The summed E-state index contributed by atoms with van der Waals surface area (Å²) >= 11 is 0. The second-order valence-electron chi connectivity index (χ2n) is 7.68. The fourth-order valence-electron chi connectivity index (χ4n) is 3.34. The van der Waals surface area contributed by atoms with E-state index in [4.69, 9.17) is 9.47 Å². The van der Waals surface area contributed by atoms with Gasteiger partial charge in [-0.05, 0) is 42.8 Å². The van der Waals surface area contributed by atoms with Crippen molar-refractivity contribution in [3.63, 3.8) is 0 Å². The van der Waals surface area contributed by atoms with Gasteiger partial charge in [-0.25, -0.2) is 8.42 Å². The van der Waals surface area contributed by atoms with E-state index in [2.05, 4.69) is 5.32 Å². The number of sulfonamides is 1. The Morgan fingerprint density at radius 3 is 2.36 bits per heavy atom. The summed E-state index contributed by atoms with van der Waals surface area (Å²) in [5.41, 5.74) is 1.32. The van der Waals surface area contributed by atoms with E-state index in [0.717, 1.165) is 10.6 Å². The van der Waals surface area contributed by atoms with Gasteiger partial charge >= 0.3 is 0 Å². The van der Waals surface area contributed by atoms with Gasteiger partial charge in [0, 0.05) is 20.1 Å². The zero-order valence-electron chi connectivity index (χ0n) is 19.0. The molecular weight excluding hydrogens is 446 g/mol. The number of para-hydroxylation sites is 1. The predicted molar refractivity (Wildman–Crippen MR) is 126 cm³/mol. The Kier molecular flexibility index (Phi) is 7.93. The number of carbonyl (C=O) groups excluding carboxylic acids is 2. The van der Waals surface area contributed by atoms with E-state index < -0.39 is 16.1 Å². The number of hydrogen-bond acceptors (Lipinski definition) is 6. The maximum absolute atomic E-state index is 12.9. The van der Waals surface area contributed by atoms with Crippen molar-refractivity contribution < 1.29 is 27.5 Å². The average molecular weight is 476 g/mol. The van der Waals surface area contributed by atoms with Crippen LogP contribution in [0.25, 0.3) is 0 Å². The standard InChI is InChI=1S/C23H29N3O6S/c1-4-21(32-18-11-9-17(10-12-18)25(2)33(3,29)30)22(27)24-20-8-6-5-7-19(20)23(28)26-13-15-31-16-14-26/h5-12,21H,4,13-16H2,1-3H3,(H,24,27). The highest BCUT2D eigenvalue weighted by molar-refractivity contribution is 7.92. The lowest BCUT2D eigenvalue weighted by molar-refractivity contribution is -0.122. The highest BCUT2D eigenvalue weighted by Crippen LogP contribution is 2.23. The van der Waals surface area contributed by atoms with Gasteiger partial charge in [0.05, 0.1) is 36.4 Å². The fourth-order valence-corrected chi connectivity index (χ4v) is 3.85. The first-order valence-corrected chi connectivity index (χ1v) is 12.5. The van der Waals surface area contributed by atoms with Crippen LogP contribution in [0.15, 0.2) is 48.5 Å². The molecule has 1 aliphatic rings. The minimum Gasteiger partial charge on any atom is -0.481 e. The Bertz CT molecular complexity index is 1080. The lowest BCUT2D eigenvalue weighted by Gasteiger charge is -2.27. The van der Waals surface area contributed by atoms with Gasteiger partial charge in [0.15, 0.2) is 6.10 Å². The molecule has 1 unspecified atom stereocenters. The van der Waals surface area contributed by atoms with E-state index in [1.807, 2.05) is 6.92 Å². The van der Waals surface area contributed by atoms with Crippen molar-refractivity contribution >= 4 is 33.2 Å². The van der Waals surface area contributed by atoms with Crippen LogP contribution in [-0.4, -0.2) is 70.8 Å².